The van der Waals surface area contributed by atoms with Gasteiger partial charge in [-0.05, 0) is 37.5 Å². The Balaban J connectivity index is 2.01. The van der Waals surface area contributed by atoms with Crippen molar-refractivity contribution >= 4 is 28.9 Å². The van der Waals surface area contributed by atoms with Crippen LogP contribution in [0.1, 0.15) is 25.7 Å². The van der Waals surface area contributed by atoms with Gasteiger partial charge in [0, 0.05) is 17.0 Å². The molecule has 1 aromatic carbocycles. The van der Waals surface area contributed by atoms with Gasteiger partial charge >= 0.3 is 0 Å². The molecule has 1 heterocycles. The molecule has 1 amide bonds. The van der Waals surface area contributed by atoms with Crippen molar-refractivity contribution in [1.29, 1.82) is 0 Å². The second kappa shape index (κ2) is 3.39. The number of halogens is 1. The highest BCUT2D eigenvalue weighted by atomic mass is 35.5. The Morgan fingerprint density at radius 3 is 2.75 bits per heavy atom. The van der Waals surface area contributed by atoms with E-state index in [1.807, 2.05) is 12.1 Å². The van der Waals surface area contributed by atoms with E-state index in [4.69, 9.17) is 11.6 Å². The Morgan fingerprint density at radius 1 is 1.25 bits per heavy atom. The Hall–Kier alpha value is -1.22. The highest BCUT2D eigenvalue weighted by Gasteiger charge is 2.40. The van der Waals surface area contributed by atoms with Crippen molar-refractivity contribution in [2.45, 2.75) is 31.2 Å². The van der Waals surface area contributed by atoms with Gasteiger partial charge < -0.3 is 10.6 Å². The Labute approximate surface area is 99.2 Å². The molecule has 0 bridgehead atoms. The molecule has 3 nitrogen and oxygen atoms in total. The van der Waals surface area contributed by atoms with Crippen LogP contribution < -0.4 is 10.6 Å². The van der Waals surface area contributed by atoms with Crippen molar-refractivity contribution in [2.24, 2.45) is 0 Å². The summed E-state index contributed by atoms with van der Waals surface area (Å²) in [4.78, 5) is 11.8. The van der Waals surface area contributed by atoms with E-state index in [0.29, 0.717) is 11.4 Å². The topological polar surface area (TPSA) is 41.1 Å². The fourth-order valence-corrected chi connectivity index (χ4v) is 2.64. The molecule has 1 aliphatic heterocycles. The van der Waals surface area contributed by atoms with Crippen LogP contribution in [0.2, 0.25) is 5.02 Å². The molecule has 16 heavy (non-hydrogen) atoms. The zero-order valence-electron chi connectivity index (χ0n) is 8.85. The third kappa shape index (κ3) is 1.55. The van der Waals surface area contributed by atoms with Crippen LogP contribution in [0.25, 0.3) is 0 Å². The van der Waals surface area contributed by atoms with Gasteiger partial charge in [-0.2, -0.15) is 0 Å². The lowest BCUT2D eigenvalue weighted by atomic mass is 9.74. The average molecular weight is 237 g/mol. The lowest BCUT2D eigenvalue weighted by Crippen LogP contribution is -2.46. The van der Waals surface area contributed by atoms with Gasteiger partial charge in [-0.25, -0.2) is 0 Å². The molecule has 2 aliphatic rings. The van der Waals surface area contributed by atoms with Gasteiger partial charge in [0.15, 0.2) is 0 Å². The molecule has 4 heteroatoms. The van der Waals surface area contributed by atoms with Crippen LogP contribution in [0.5, 0.6) is 0 Å². The molecule has 0 atom stereocenters. The number of anilines is 2. The van der Waals surface area contributed by atoms with Crippen LogP contribution >= 0.6 is 11.6 Å². The first-order valence-corrected chi connectivity index (χ1v) is 5.92. The Bertz CT molecular complexity index is 454. The first-order valence-electron chi connectivity index (χ1n) is 5.55. The van der Waals surface area contributed by atoms with Gasteiger partial charge in [0.25, 0.3) is 0 Å². The first kappa shape index (κ1) is 9.97. The van der Waals surface area contributed by atoms with Crippen LogP contribution in [-0.4, -0.2) is 11.4 Å². The minimum absolute atomic E-state index is 0.0108. The van der Waals surface area contributed by atoms with Crippen molar-refractivity contribution in [3.63, 3.8) is 0 Å². The van der Waals surface area contributed by atoms with Crippen LogP contribution in [0.15, 0.2) is 18.2 Å². The second-order valence-electron chi connectivity index (χ2n) is 4.67. The molecule has 1 saturated carbocycles. The molecule has 1 fully saturated rings. The summed E-state index contributed by atoms with van der Waals surface area (Å²) in [6.07, 6.45) is 3.90. The molecular formula is C12H13ClN2O. The van der Waals surface area contributed by atoms with E-state index in [0.717, 1.165) is 24.2 Å². The standard InChI is InChI=1S/C12H13ClN2O/c13-8-2-3-9-10(6-8)14-11(16)7-12(15-9)4-1-5-12/h2-3,6,15H,1,4-5,7H2,(H,14,16). The molecule has 84 valence electrons. The third-order valence-electron chi connectivity index (χ3n) is 3.47. The normalized spacial score (nSPS) is 21.4. The SMILES string of the molecule is O=C1CC2(CCC2)Nc2ccc(Cl)cc2N1. The van der Waals surface area contributed by atoms with Gasteiger partial charge in [-0.15, -0.1) is 0 Å². The summed E-state index contributed by atoms with van der Waals surface area (Å²) in [5.74, 6) is 0.0771. The summed E-state index contributed by atoms with van der Waals surface area (Å²) in [6, 6.07) is 5.57. The maximum Gasteiger partial charge on any atom is 0.226 e. The Morgan fingerprint density at radius 2 is 2.06 bits per heavy atom. The molecule has 2 N–H and O–H groups in total. The van der Waals surface area contributed by atoms with E-state index in [1.165, 1.54) is 6.42 Å². The zero-order chi connectivity index (χ0) is 11.2. The summed E-state index contributed by atoms with van der Waals surface area (Å²) >= 11 is 5.92. The fourth-order valence-electron chi connectivity index (χ4n) is 2.47. The van der Waals surface area contributed by atoms with E-state index in [1.54, 1.807) is 6.07 Å². The minimum Gasteiger partial charge on any atom is -0.377 e. The van der Waals surface area contributed by atoms with Gasteiger partial charge in [-0.3, -0.25) is 4.79 Å². The molecule has 0 aromatic heterocycles. The Kier molecular flexibility index (Phi) is 2.11. The number of benzene rings is 1. The van der Waals surface area contributed by atoms with Gasteiger partial charge in [0.05, 0.1) is 11.4 Å². The summed E-state index contributed by atoms with van der Waals surface area (Å²) in [5, 5.41) is 7.03. The highest BCUT2D eigenvalue weighted by Crippen LogP contribution is 2.42. The van der Waals surface area contributed by atoms with Gasteiger partial charge in [0.2, 0.25) is 5.91 Å². The monoisotopic (exact) mass is 236 g/mol. The molecule has 0 saturated heterocycles. The molecule has 0 radical (unpaired) electrons. The largest absolute Gasteiger partial charge is 0.377 e. The molecule has 1 aromatic rings. The molecular weight excluding hydrogens is 224 g/mol. The van der Waals surface area contributed by atoms with Crippen LogP contribution in [0.4, 0.5) is 11.4 Å². The summed E-state index contributed by atoms with van der Waals surface area (Å²) in [5.41, 5.74) is 1.76. The number of carbonyl (C=O) groups is 1. The number of hydrogen-bond donors (Lipinski definition) is 2. The summed E-state index contributed by atoms with van der Waals surface area (Å²) < 4.78 is 0. The lowest BCUT2D eigenvalue weighted by Gasteiger charge is -2.41. The van der Waals surface area contributed by atoms with Crippen molar-refractivity contribution in [1.82, 2.24) is 0 Å². The minimum atomic E-state index is -0.0108. The smallest absolute Gasteiger partial charge is 0.226 e. The van der Waals surface area contributed by atoms with Crippen LogP contribution in [-0.2, 0) is 4.79 Å². The van der Waals surface area contributed by atoms with E-state index in [-0.39, 0.29) is 11.4 Å². The summed E-state index contributed by atoms with van der Waals surface area (Å²) in [7, 11) is 0. The quantitative estimate of drug-likeness (QED) is 0.727. The van der Waals surface area contributed by atoms with E-state index in [2.05, 4.69) is 10.6 Å². The molecule has 1 aliphatic carbocycles. The number of fused-ring (bicyclic) bond motifs is 1. The van der Waals surface area contributed by atoms with E-state index in [9.17, 15) is 4.79 Å². The molecule has 0 unspecified atom stereocenters. The third-order valence-corrected chi connectivity index (χ3v) is 3.70. The predicted octanol–water partition coefficient (Wildman–Crippen LogP) is 3.02. The number of hydrogen-bond acceptors (Lipinski definition) is 2. The number of rotatable bonds is 0. The number of carbonyl (C=O) groups excluding carboxylic acids is 1. The lowest BCUT2D eigenvalue weighted by molar-refractivity contribution is -0.117. The maximum absolute atomic E-state index is 11.8. The van der Waals surface area contributed by atoms with Crippen molar-refractivity contribution < 1.29 is 4.79 Å². The number of amides is 1. The predicted molar refractivity (Wildman–Crippen MR) is 64.9 cm³/mol. The van der Waals surface area contributed by atoms with Gasteiger partial charge in [0.1, 0.15) is 0 Å². The molecule has 3 rings (SSSR count). The van der Waals surface area contributed by atoms with E-state index < -0.39 is 0 Å². The van der Waals surface area contributed by atoms with Crippen molar-refractivity contribution in [3.05, 3.63) is 23.2 Å². The van der Waals surface area contributed by atoms with Crippen molar-refractivity contribution in [3.8, 4) is 0 Å². The summed E-state index contributed by atoms with van der Waals surface area (Å²) in [6.45, 7) is 0. The van der Waals surface area contributed by atoms with Crippen LogP contribution in [0, 0.1) is 0 Å². The first-order chi connectivity index (χ1) is 7.67. The second-order valence-corrected chi connectivity index (χ2v) is 5.11. The number of nitrogens with one attached hydrogen (secondary N) is 2. The molecule has 1 spiro atoms. The van der Waals surface area contributed by atoms with Crippen LogP contribution in [0.3, 0.4) is 0 Å². The maximum atomic E-state index is 11.8. The zero-order valence-corrected chi connectivity index (χ0v) is 9.60. The van der Waals surface area contributed by atoms with Gasteiger partial charge in [-0.1, -0.05) is 11.6 Å². The highest BCUT2D eigenvalue weighted by molar-refractivity contribution is 6.31. The average Bonchev–Trinajstić information content (AvgIpc) is 2.32. The van der Waals surface area contributed by atoms with E-state index >= 15 is 0 Å². The van der Waals surface area contributed by atoms with Crippen molar-refractivity contribution in [2.75, 3.05) is 10.6 Å². The fraction of sp³-hybridized carbons (Fsp3) is 0.417.